The van der Waals surface area contributed by atoms with Crippen molar-refractivity contribution in [2.24, 2.45) is 5.10 Å². The predicted octanol–water partition coefficient (Wildman–Crippen LogP) is 4.59. The Labute approximate surface area is 189 Å². The van der Waals surface area contributed by atoms with Crippen LogP contribution in [0.4, 0.5) is 0 Å². The number of benzene rings is 4. The molecule has 1 amide bonds. The third-order valence-corrected chi connectivity index (χ3v) is 4.97. The number of carbonyl (C=O) groups excluding carboxylic acids is 1. The van der Waals surface area contributed by atoms with Gasteiger partial charge in [0, 0.05) is 0 Å². The first-order chi connectivity index (χ1) is 16.0. The molecule has 0 radical (unpaired) electrons. The van der Waals surface area contributed by atoms with Gasteiger partial charge in [0.2, 0.25) is 0 Å². The summed E-state index contributed by atoms with van der Waals surface area (Å²) in [6.07, 6.45) is 1.49. The van der Waals surface area contributed by atoms with E-state index in [0.29, 0.717) is 12.4 Å². The quantitative estimate of drug-likeness (QED) is 0.288. The molecule has 0 fully saturated rings. The molecule has 7 heteroatoms. The largest absolute Gasteiger partial charge is 0.507 e. The Morgan fingerprint density at radius 1 is 0.909 bits per heavy atom. The molecular formula is C26H20N2O5. The summed E-state index contributed by atoms with van der Waals surface area (Å²) in [5.41, 5.74) is 4.39. The van der Waals surface area contributed by atoms with Crippen molar-refractivity contribution >= 4 is 28.9 Å². The first kappa shape index (κ1) is 21.6. The molecule has 0 heterocycles. The number of carbonyl (C=O) groups is 2. The standard InChI is InChI=1S/C26H20N2O5/c29-24-14-21-4-2-1-3-20(21)13-23(24)25(30)28-27-15-17-7-11-22(12-8-17)33-16-18-5-9-19(10-6-18)26(31)32/h1-15,29H,16H2,(H,28,30)(H,31,32). The van der Waals surface area contributed by atoms with Crippen LogP contribution in [0.5, 0.6) is 11.5 Å². The number of phenols is 1. The molecule has 0 saturated heterocycles. The first-order valence-electron chi connectivity index (χ1n) is 10.1. The summed E-state index contributed by atoms with van der Waals surface area (Å²) >= 11 is 0. The molecule has 0 aromatic heterocycles. The minimum absolute atomic E-state index is 0.111. The molecule has 4 aromatic rings. The molecule has 33 heavy (non-hydrogen) atoms. The summed E-state index contributed by atoms with van der Waals surface area (Å²) in [4.78, 5) is 23.3. The molecule has 0 saturated carbocycles. The average molecular weight is 440 g/mol. The van der Waals surface area contributed by atoms with E-state index in [0.717, 1.165) is 21.9 Å². The molecule has 0 bridgehead atoms. The highest BCUT2D eigenvalue weighted by Crippen LogP contribution is 2.24. The van der Waals surface area contributed by atoms with Crippen molar-refractivity contribution in [3.63, 3.8) is 0 Å². The number of hydrazone groups is 1. The van der Waals surface area contributed by atoms with Gasteiger partial charge in [-0.3, -0.25) is 4.79 Å². The molecule has 7 nitrogen and oxygen atoms in total. The van der Waals surface area contributed by atoms with Gasteiger partial charge in [0.25, 0.3) is 5.91 Å². The predicted molar refractivity (Wildman–Crippen MR) is 125 cm³/mol. The van der Waals surface area contributed by atoms with Crippen LogP contribution in [0.3, 0.4) is 0 Å². The number of rotatable bonds is 7. The van der Waals surface area contributed by atoms with Gasteiger partial charge in [-0.05, 0) is 70.4 Å². The van der Waals surface area contributed by atoms with Crippen LogP contribution in [0.1, 0.15) is 31.8 Å². The monoisotopic (exact) mass is 440 g/mol. The van der Waals surface area contributed by atoms with E-state index in [9.17, 15) is 14.7 Å². The smallest absolute Gasteiger partial charge is 0.335 e. The Hall–Kier alpha value is -4.65. The molecule has 164 valence electrons. The summed E-state index contributed by atoms with van der Waals surface area (Å²) in [7, 11) is 0. The van der Waals surface area contributed by atoms with E-state index in [-0.39, 0.29) is 16.9 Å². The molecule has 0 atom stereocenters. The van der Waals surface area contributed by atoms with Crippen LogP contribution in [0.2, 0.25) is 0 Å². The number of aromatic carboxylic acids is 1. The van der Waals surface area contributed by atoms with Crippen LogP contribution in [0.15, 0.2) is 90.0 Å². The van der Waals surface area contributed by atoms with Crippen LogP contribution >= 0.6 is 0 Å². The highest BCUT2D eigenvalue weighted by Gasteiger charge is 2.11. The molecule has 3 N–H and O–H groups in total. The minimum Gasteiger partial charge on any atom is -0.507 e. The van der Waals surface area contributed by atoms with Crippen molar-refractivity contribution in [1.29, 1.82) is 0 Å². The van der Waals surface area contributed by atoms with Crippen molar-refractivity contribution in [1.82, 2.24) is 5.43 Å². The van der Waals surface area contributed by atoms with Gasteiger partial charge in [0.1, 0.15) is 18.1 Å². The number of nitrogens with zero attached hydrogens (tertiary/aromatic N) is 1. The molecule has 4 rings (SSSR count). The number of fused-ring (bicyclic) bond motifs is 1. The van der Waals surface area contributed by atoms with Crippen LogP contribution in [-0.2, 0) is 6.61 Å². The molecule has 0 aliphatic rings. The molecule has 0 aliphatic heterocycles. The maximum Gasteiger partial charge on any atom is 0.335 e. The number of carboxylic acid groups (broad SMARTS) is 1. The van der Waals surface area contributed by atoms with E-state index in [1.807, 2.05) is 24.3 Å². The maximum absolute atomic E-state index is 12.4. The van der Waals surface area contributed by atoms with Crippen LogP contribution in [-0.4, -0.2) is 28.3 Å². The second-order valence-electron chi connectivity index (χ2n) is 7.28. The molecule has 0 aliphatic carbocycles. The molecule has 0 spiro atoms. The van der Waals surface area contributed by atoms with E-state index >= 15 is 0 Å². The third-order valence-electron chi connectivity index (χ3n) is 4.97. The fourth-order valence-electron chi connectivity index (χ4n) is 3.20. The molecular weight excluding hydrogens is 420 g/mol. The van der Waals surface area contributed by atoms with Crippen LogP contribution in [0, 0.1) is 0 Å². The topological polar surface area (TPSA) is 108 Å². The normalized spacial score (nSPS) is 10.9. The summed E-state index contributed by atoms with van der Waals surface area (Å²) in [6.45, 7) is 0.304. The lowest BCUT2D eigenvalue weighted by Crippen LogP contribution is -2.17. The van der Waals surface area contributed by atoms with Gasteiger partial charge in [0.05, 0.1) is 17.3 Å². The van der Waals surface area contributed by atoms with Gasteiger partial charge in [-0.15, -0.1) is 0 Å². The Morgan fingerprint density at radius 2 is 1.58 bits per heavy atom. The zero-order valence-electron chi connectivity index (χ0n) is 17.4. The van der Waals surface area contributed by atoms with Crippen molar-refractivity contribution in [2.45, 2.75) is 6.61 Å². The Bertz CT molecular complexity index is 1330. The van der Waals surface area contributed by atoms with Gasteiger partial charge < -0.3 is 14.9 Å². The first-order valence-corrected chi connectivity index (χ1v) is 10.1. The average Bonchev–Trinajstić information content (AvgIpc) is 2.83. The second kappa shape index (κ2) is 9.65. The molecule has 4 aromatic carbocycles. The van der Waals surface area contributed by atoms with Gasteiger partial charge in [-0.2, -0.15) is 5.10 Å². The number of amides is 1. The van der Waals surface area contributed by atoms with E-state index in [2.05, 4.69) is 10.5 Å². The number of ether oxygens (including phenoxy) is 1. The lowest BCUT2D eigenvalue weighted by molar-refractivity contribution is 0.0696. The maximum atomic E-state index is 12.4. The van der Waals surface area contributed by atoms with E-state index in [4.69, 9.17) is 9.84 Å². The summed E-state index contributed by atoms with van der Waals surface area (Å²) in [6, 6.07) is 24.2. The zero-order valence-corrected chi connectivity index (χ0v) is 17.4. The van der Waals surface area contributed by atoms with E-state index in [1.54, 1.807) is 48.5 Å². The summed E-state index contributed by atoms with van der Waals surface area (Å²) < 4.78 is 5.71. The number of hydrogen-bond donors (Lipinski definition) is 3. The van der Waals surface area contributed by atoms with Gasteiger partial charge in [0.15, 0.2) is 0 Å². The number of nitrogens with one attached hydrogen (secondary N) is 1. The van der Waals surface area contributed by atoms with Gasteiger partial charge in [-0.1, -0.05) is 36.4 Å². The zero-order chi connectivity index (χ0) is 23.2. The number of aromatic hydroxyl groups is 1. The van der Waals surface area contributed by atoms with Crippen LogP contribution in [0.25, 0.3) is 10.8 Å². The highest BCUT2D eigenvalue weighted by atomic mass is 16.5. The van der Waals surface area contributed by atoms with E-state index < -0.39 is 11.9 Å². The Kier molecular flexibility index (Phi) is 6.31. The summed E-state index contributed by atoms with van der Waals surface area (Å²) in [5.74, 6) is -0.951. The van der Waals surface area contributed by atoms with Crippen molar-refractivity contribution in [2.75, 3.05) is 0 Å². The van der Waals surface area contributed by atoms with Crippen molar-refractivity contribution in [3.8, 4) is 11.5 Å². The fourth-order valence-corrected chi connectivity index (χ4v) is 3.20. The summed E-state index contributed by atoms with van der Waals surface area (Å²) in [5, 5.41) is 24.7. The minimum atomic E-state index is -0.968. The molecule has 0 unspecified atom stereocenters. The van der Waals surface area contributed by atoms with E-state index in [1.165, 1.54) is 18.3 Å². The van der Waals surface area contributed by atoms with Crippen LogP contribution < -0.4 is 10.2 Å². The van der Waals surface area contributed by atoms with Crippen molar-refractivity contribution in [3.05, 3.63) is 107 Å². The highest BCUT2D eigenvalue weighted by molar-refractivity contribution is 6.01. The second-order valence-corrected chi connectivity index (χ2v) is 7.28. The SMILES string of the molecule is O=C(O)c1ccc(COc2ccc(C=NNC(=O)c3cc4ccccc4cc3O)cc2)cc1. The number of phenolic OH excluding ortho intramolecular Hbond substituents is 1. The lowest BCUT2D eigenvalue weighted by atomic mass is 10.1. The number of hydrogen-bond acceptors (Lipinski definition) is 5. The fraction of sp³-hybridized carbons (Fsp3) is 0.0385. The Balaban J connectivity index is 1.33. The number of carboxylic acids is 1. The van der Waals surface area contributed by atoms with Gasteiger partial charge in [-0.25, -0.2) is 10.2 Å². The van der Waals surface area contributed by atoms with Gasteiger partial charge >= 0.3 is 5.97 Å². The lowest BCUT2D eigenvalue weighted by Gasteiger charge is -2.07. The van der Waals surface area contributed by atoms with Crippen molar-refractivity contribution < 1.29 is 24.5 Å². The third kappa shape index (κ3) is 5.34. The Morgan fingerprint density at radius 3 is 2.24 bits per heavy atom.